The number of hydrogen-bond acceptors (Lipinski definition) is 7. The van der Waals surface area contributed by atoms with Gasteiger partial charge in [-0.15, -0.1) is 0 Å². The van der Waals surface area contributed by atoms with Crippen molar-refractivity contribution in [3.8, 4) is 5.75 Å². The number of rotatable bonds is 10. The van der Waals surface area contributed by atoms with Gasteiger partial charge in [0.25, 0.3) is 0 Å². The second-order valence-electron chi connectivity index (χ2n) is 7.85. The molecule has 2 atom stereocenters. The number of nitrogens with one attached hydrogen (secondary N) is 1. The second kappa shape index (κ2) is 11.4. The van der Waals surface area contributed by atoms with Gasteiger partial charge in [0.2, 0.25) is 5.91 Å². The summed E-state index contributed by atoms with van der Waals surface area (Å²) in [5, 5.41) is 14.8. The van der Waals surface area contributed by atoms with E-state index >= 15 is 0 Å². The van der Waals surface area contributed by atoms with Crippen LogP contribution >= 0.6 is 0 Å². The van der Waals surface area contributed by atoms with E-state index in [-0.39, 0.29) is 38.4 Å². The van der Waals surface area contributed by atoms with E-state index in [0.717, 1.165) is 5.56 Å². The van der Waals surface area contributed by atoms with Gasteiger partial charge in [-0.3, -0.25) is 9.59 Å². The van der Waals surface area contributed by atoms with Crippen LogP contribution in [0.25, 0.3) is 0 Å². The van der Waals surface area contributed by atoms with Gasteiger partial charge in [-0.1, -0.05) is 12.1 Å². The van der Waals surface area contributed by atoms with Crippen LogP contribution in [0.2, 0.25) is 0 Å². The molecule has 0 aliphatic carbocycles. The molecule has 1 heterocycles. The third-order valence-corrected chi connectivity index (χ3v) is 5.13. The number of amides is 3. The summed E-state index contributed by atoms with van der Waals surface area (Å²) in [4.78, 5) is 51.9. The van der Waals surface area contributed by atoms with Gasteiger partial charge in [0.05, 0.1) is 19.7 Å². The fraction of sp³-hybridized carbons (Fsp3) is 0.524. The minimum Gasteiger partial charge on any atom is -0.497 e. The van der Waals surface area contributed by atoms with Crippen molar-refractivity contribution in [1.82, 2.24) is 25.1 Å². The van der Waals surface area contributed by atoms with Gasteiger partial charge in [0.1, 0.15) is 18.2 Å². The number of hydrazine groups is 1. The SMILES string of the molecule is COc1ccc(CNC(=O)N2[C@@H](CN(C)C)N(C(C=O)CCC(=O)O)C(=O)CN2C)cc1. The Morgan fingerprint density at radius 1 is 1.31 bits per heavy atom. The molecule has 176 valence electrons. The normalized spacial score (nSPS) is 17.9. The van der Waals surface area contributed by atoms with Crippen molar-refractivity contribution in [1.29, 1.82) is 0 Å². The first-order chi connectivity index (χ1) is 15.2. The molecule has 11 heteroatoms. The molecule has 1 unspecified atom stereocenters. The van der Waals surface area contributed by atoms with Crippen LogP contribution in [0.1, 0.15) is 18.4 Å². The van der Waals surface area contributed by atoms with Crippen molar-refractivity contribution < 1.29 is 29.0 Å². The minimum absolute atomic E-state index is 0.0283. The van der Waals surface area contributed by atoms with Gasteiger partial charge in [0.15, 0.2) is 0 Å². The molecule has 1 aromatic rings. The number of carbonyl (C=O) groups excluding carboxylic acids is 3. The summed E-state index contributed by atoms with van der Waals surface area (Å²) in [6.07, 6.45) is -0.500. The Kier molecular flexibility index (Phi) is 8.97. The lowest BCUT2D eigenvalue weighted by molar-refractivity contribution is -0.171. The second-order valence-corrected chi connectivity index (χ2v) is 7.85. The predicted molar refractivity (Wildman–Crippen MR) is 116 cm³/mol. The van der Waals surface area contributed by atoms with E-state index in [1.54, 1.807) is 45.3 Å². The first-order valence-corrected chi connectivity index (χ1v) is 10.2. The number of hydrogen-bond donors (Lipinski definition) is 2. The van der Waals surface area contributed by atoms with Gasteiger partial charge in [0, 0.05) is 26.6 Å². The highest BCUT2D eigenvalue weighted by atomic mass is 16.5. The average Bonchev–Trinajstić information content (AvgIpc) is 2.73. The van der Waals surface area contributed by atoms with Crippen LogP contribution in [-0.4, -0.2) is 103 Å². The zero-order valence-corrected chi connectivity index (χ0v) is 18.9. The first-order valence-electron chi connectivity index (χ1n) is 10.2. The van der Waals surface area contributed by atoms with Crippen LogP contribution in [-0.2, 0) is 20.9 Å². The third-order valence-electron chi connectivity index (χ3n) is 5.13. The number of carbonyl (C=O) groups is 4. The van der Waals surface area contributed by atoms with Gasteiger partial charge in [-0.2, -0.15) is 0 Å². The van der Waals surface area contributed by atoms with Gasteiger partial charge in [-0.05, 0) is 38.2 Å². The fourth-order valence-corrected chi connectivity index (χ4v) is 3.60. The lowest BCUT2D eigenvalue weighted by Gasteiger charge is -2.50. The molecule has 1 saturated heterocycles. The molecule has 1 aliphatic rings. The summed E-state index contributed by atoms with van der Waals surface area (Å²) >= 11 is 0. The smallest absolute Gasteiger partial charge is 0.334 e. The molecule has 0 saturated carbocycles. The molecule has 32 heavy (non-hydrogen) atoms. The monoisotopic (exact) mass is 449 g/mol. The number of ether oxygens (including phenoxy) is 1. The zero-order valence-electron chi connectivity index (χ0n) is 18.9. The Morgan fingerprint density at radius 3 is 2.50 bits per heavy atom. The largest absolute Gasteiger partial charge is 0.497 e. The molecule has 1 fully saturated rings. The fourth-order valence-electron chi connectivity index (χ4n) is 3.60. The number of carboxylic acid groups (broad SMARTS) is 1. The van der Waals surface area contributed by atoms with Crippen LogP contribution < -0.4 is 10.1 Å². The summed E-state index contributed by atoms with van der Waals surface area (Å²) < 4.78 is 5.13. The summed E-state index contributed by atoms with van der Waals surface area (Å²) in [6.45, 7) is 0.409. The summed E-state index contributed by atoms with van der Waals surface area (Å²) in [7, 11) is 6.78. The molecule has 0 aromatic heterocycles. The molecular weight excluding hydrogens is 418 g/mol. The lowest BCUT2D eigenvalue weighted by Crippen LogP contribution is -2.71. The molecule has 1 aliphatic heterocycles. The number of benzene rings is 1. The molecule has 2 N–H and O–H groups in total. The predicted octanol–water partition coefficient (Wildman–Crippen LogP) is 0.216. The maximum absolute atomic E-state index is 13.1. The van der Waals surface area contributed by atoms with Crippen LogP contribution in [0, 0.1) is 0 Å². The number of carboxylic acids is 1. The number of likely N-dealkylation sites (N-methyl/N-ethyl adjacent to an activating group) is 2. The minimum atomic E-state index is -1.06. The van der Waals surface area contributed by atoms with E-state index in [1.165, 1.54) is 14.9 Å². The Balaban J connectivity index is 2.23. The van der Waals surface area contributed by atoms with Gasteiger partial charge in [-0.25, -0.2) is 14.8 Å². The summed E-state index contributed by atoms with van der Waals surface area (Å²) in [5.41, 5.74) is 0.864. The quantitative estimate of drug-likeness (QED) is 0.486. The number of methoxy groups -OCH3 is 1. The molecule has 0 radical (unpaired) electrons. The lowest BCUT2D eigenvalue weighted by atomic mass is 10.1. The number of aldehydes is 1. The molecule has 0 spiro atoms. The highest BCUT2D eigenvalue weighted by molar-refractivity contribution is 5.85. The molecule has 1 aromatic carbocycles. The molecule has 11 nitrogen and oxygen atoms in total. The van der Waals surface area contributed by atoms with E-state index < -0.39 is 24.2 Å². The summed E-state index contributed by atoms with van der Waals surface area (Å²) in [5.74, 6) is -0.699. The Labute approximate surface area is 187 Å². The highest BCUT2D eigenvalue weighted by Crippen LogP contribution is 2.22. The maximum Gasteiger partial charge on any atom is 0.334 e. The standard InChI is InChI=1S/C21H31N5O6/c1-23(2)12-18-25(16(14-27)7-10-20(29)30)19(28)13-24(3)26(18)21(31)22-11-15-5-8-17(32-4)9-6-15/h5-6,8-9,14,16,18H,7,10-13H2,1-4H3,(H,22,31)(H,29,30)/t16?,18-/m0/s1. The molecule has 2 rings (SSSR count). The Morgan fingerprint density at radius 2 is 1.97 bits per heavy atom. The van der Waals surface area contributed by atoms with Crippen LogP contribution in [0.15, 0.2) is 24.3 Å². The van der Waals surface area contributed by atoms with E-state index in [1.807, 2.05) is 12.1 Å². The van der Waals surface area contributed by atoms with Gasteiger partial charge >= 0.3 is 12.0 Å². The summed E-state index contributed by atoms with van der Waals surface area (Å²) in [6, 6.07) is 5.87. The van der Waals surface area contributed by atoms with E-state index in [2.05, 4.69) is 5.32 Å². The Bertz CT molecular complexity index is 815. The van der Waals surface area contributed by atoms with Crippen molar-refractivity contribution in [2.75, 3.05) is 41.3 Å². The molecule has 3 amide bonds. The van der Waals surface area contributed by atoms with Gasteiger partial charge < -0.3 is 29.8 Å². The molecular formula is C21H31N5O6. The maximum atomic E-state index is 13.1. The van der Waals surface area contributed by atoms with Crippen molar-refractivity contribution in [3.63, 3.8) is 0 Å². The Hall–Kier alpha value is -3.18. The topological polar surface area (TPSA) is 123 Å². The number of urea groups is 1. The van der Waals surface area contributed by atoms with Crippen molar-refractivity contribution in [2.24, 2.45) is 0 Å². The molecule has 0 bridgehead atoms. The van der Waals surface area contributed by atoms with Crippen molar-refractivity contribution >= 4 is 24.2 Å². The van der Waals surface area contributed by atoms with E-state index in [9.17, 15) is 19.2 Å². The van der Waals surface area contributed by atoms with E-state index in [4.69, 9.17) is 9.84 Å². The highest BCUT2D eigenvalue weighted by Gasteiger charge is 2.43. The zero-order chi connectivity index (χ0) is 23.8. The van der Waals surface area contributed by atoms with E-state index in [0.29, 0.717) is 12.0 Å². The van der Waals surface area contributed by atoms with Crippen molar-refractivity contribution in [3.05, 3.63) is 29.8 Å². The van der Waals surface area contributed by atoms with Crippen LogP contribution in [0.3, 0.4) is 0 Å². The third kappa shape index (κ3) is 6.41. The van der Waals surface area contributed by atoms with Crippen molar-refractivity contribution in [2.45, 2.75) is 31.6 Å². The van der Waals surface area contributed by atoms with Crippen LogP contribution in [0.4, 0.5) is 4.79 Å². The first kappa shape index (κ1) is 25.1. The van der Waals surface area contributed by atoms with Crippen LogP contribution in [0.5, 0.6) is 5.75 Å². The number of aliphatic carboxylic acids is 1. The number of nitrogens with zero attached hydrogens (tertiary/aromatic N) is 4. The average molecular weight is 450 g/mol.